The Kier molecular flexibility index (Phi) is 32.3. The molecule has 0 radical (unpaired) electrons. The largest absolute Gasteiger partial charge is 0.497 e. The van der Waals surface area contributed by atoms with Crippen LogP contribution < -0.4 is 31.7 Å². The van der Waals surface area contributed by atoms with Crippen molar-refractivity contribution in [2.45, 2.75) is 37.5 Å². The monoisotopic (exact) mass is 1030 g/mol. The lowest BCUT2D eigenvalue weighted by molar-refractivity contribution is -0.133. The molecule has 19 nitrogen and oxygen atoms in total. The number of unbranched alkanes of at least 4 members (excludes halogenated alkanes) is 1. The number of benzene rings is 4. The van der Waals surface area contributed by atoms with Crippen LogP contribution in [-0.2, 0) is 69.2 Å². The number of amides is 3. The van der Waals surface area contributed by atoms with Gasteiger partial charge >= 0.3 is 0 Å². The fourth-order valence-electron chi connectivity index (χ4n) is 7.48. The predicted octanol–water partition coefficient (Wildman–Crippen LogP) is 3.59. The number of nitrogens with one attached hydrogen (secondary N) is 4. The second-order valence-corrected chi connectivity index (χ2v) is 16.6. The number of methoxy groups -OCH3 is 1. The SMILES string of the molecule is COc1ccc(C(NCCCC[C@H](NC(=O)COCC(=O)NCCOCCOCCOCCOCCOCCOCCOCCOCCN)C(=O)Nc2ccc(CO)cc2)(c2ccccc2)c2ccccc2)cc1. The number of carbonyl (C=O) groups excluding carboxylic acids is 3. The zero-order chi connectivity index (χ0) is 52.6. The Hall–Kier alpha value is -5.39. The number of aliphatic hydroxyl groups is 1. The maximum Gasteiger partial charge on any atom is 0.246 e. The van der Waals surface area contributed by atoms with Gasteiger partial charge in [-0.15, -0.1) is 0 Å². The first-order valence-corrected chi connectivity index (χ1v) is 25.4. The molecule has 7 N–H and O–H groups in total. The van der Waals surface area contributed by atoms with Crippen LogP contribution in [0.2, 0.25) is 0 Å². The first kappa shape index (κ1) is 61.2. The number of ether oxygens (including phenoxy) is 10. The second kappa shape index (κ2) is 39.1. The molecule has 3 amide bonds. The molecule has 408 valence electrons. The number of anilines is 1. The third kappa shape index (κ3) is 24.8. The average molecular weight is 1030 g/mol. The molecule has 0 heterocycles. The summed E-state index contributed by atoms with van der Waals surface area (Å²) in [6.45, 7) is 7.55. The molecule has 0 fully saturated rings. The molecule has 4 aromatic rings. The Balaban J connectivity index is 1.08. The van der Waals surface area contributed by atoms with Gasteiger partial charge in [-0.3, -0.25) is 19.7 Å². The van der Waals surface area contributed by atoms with Crippen LogP contribution in [0.5, 0.6) is 5.75 Å². The van der Waals surface area contributed by atoms with E-state index in [1.54, 1.807) is 31.4 Å². The Labute approximate surface area is 436 Å². The fraction of sp³-hybridized carbons (Fsp3) is 0.509. The van der Waals surface area contributed by atoms with Crippen LogP contribution in [0.4, 0.5) is 5.69 Å². The predicted molar refractivity (Wildman–Crippen MR) is 280 cm³/mol. The third-order valence-corrected chi connectivity index (χ3v) is 11.2. The van der Waals surface area contributed by atoms with Crippen LogP contribution in [0.15, 0.2) is 109 Å². The van der Waals surface area contributed by atoms with Crippen molar-refractivity contribution in [3.05, 3.63) is 131 Å². The zero-order valence-corrected chi connectivity index (χ0v) is 43.0. The number of aliphatic hydroxyl groups excluding tert-OH is 1. The zero-order valence-electron chi connectivity index (χ0n) is 43.0. The lowest BCUT2D eigenvalue weighted by atomic mass is 9.77. The maximum atomic E-state index is 13.6. The van der Waals surface area contributed by atoms with Crippen LogP contribution in [0.3, 0.4) is 0 Å². The Morgan fingerprint density at radius 1 is 0.527 bits per heavy atom. The summed E-state index contributed by atoms with van der Waals surface area (Å²) in [5.41, 5.74) is 9.03. The van der Waals surface area contributed by atoms with Gasteiger partial charge in [-0.25, -0.2) is 0 Å². The first-order valence-electron chi connectivity index (χ1n) is 25.4. The van der Waals surface area contributed by atoms with Gasteiger partial charge in [-0.1, -0.05) is 84.9 Å². The number of nitrogens with two attached hydrogens (primary N) is 1. The van der Waals surface area contributed by atoms with Gasteiger partial charge in [0.15, 0.2) is 0 Å². The van der Waals surface area contributed by atoms with Crippen LogP contribution in [0.1, 0.15) is 41.5 Å². The van der Waals surface area contributed by atoms with Crippen LogP contribution >= 0.6 is 0 Å². The normalized spacial score (nSPS) is 11.8. The lowest BCUT2D eigenvalue weighted by Crippen LogP contribution is -2.46. The molecule has 4 rings (SSSR count). The smallest absolute Gasteiger partial charge is 0.246 e. The number of rotatable bonds is 44. The van der Waals surface area contributed by atoms with E-state index in [0.717, 1.165) is 22.4 Å². The van der Waals surface area contributed by atoms with E-state index in [1.165, 1.54) is 0 Å². The quantitative estimate of drug-likeness (QED) is 0.0274. The molecule has 0 aliphatic heterocycles. The Bertz CT molecular complexity index is 2020. The molecule has 0 unspecified atom stereocenters. The molecule has 74 heavy (non-hydrogen) atoms. The van der Waals surface area contributed by atoms with E-state index in [-0.39, 0.29) is 26.4 Å². The minimum absolute atomic E-state index is 0.129. The summed E-state index contributed by atoms with van der Waals surface area (Å²) in [4.78, 5) is 39.2. The fourth-order valence-corrected chi connectivity index (χ4v) is 7.48. The van der Waals surface area contributed by atoms with Gasteiger partial charge in [0.05, 0.1) is 125 Å². The topological polar surface area (TPSA) is 238 Å². The van der Waals surface area contributed by atoms with Crippen molar-refractivity contribution >= 4 is 23.4 Å². The van der Waals surface area contributed by atoms with Crippen molar-refractivity contribution in [1.29, 1.82) is 0 Å². The van der Waals surface area contributed by atoms with E-state index in [0.29, 0.717) is 143 Å². The lowest BCUT2D eigenvalue weighted by Gasteiger charge is -2.37. The molecule has 0 aliphatic carbocycles. The van der Waals surface area contributed by atoms with Crippen LogP contribution in [0.25, 0.3) is 0 Å². The maximum absolute atomic E-state index is 13.6. The molecule has 4 aromatic carbocycles. The van der Waals surface area contributed by atoms with Gasteiger partial charge in [0.25, 0.3) is 0 Å². The molecular weight excluding hydrogens is 955 g/mol. The van der Waals surface area contributed by atoms with Gasteiger partial charge in [0, 0.05) is 18.8 Å². The highest BCUT2D eigenvalue weighted by Crippen LogP contribution is 2.37. The van der Waals surface area contributed by atoms with Crippen molar-refractivity contribution in [2.24, 2.45) is 5.73 Å². The summed E-state index contributed by atoms with van der Waals surface area (Å²) < 4.78 is 54.5. The van der Waals surface area contributed by atoms with E-state index in [4.69, 9.17) is 53.1 Å². The Morgan fingerprint density at radius 2 is 0.986 bits per heavy atom. The van der Waals surface area contributed by atoms with Gasteiger partial charge in [-0.05, 0) is 72.3 Å². The molecule has 0 spiro atoms. The number of hydrogen-bond acceptors (Lipinski definition) is 16. The summed E-state index contributed by atoms with van der Waals surface area (Å²) in [5.74, 6) is -0.609. The van der Waals surface area contributed by atoms with E-state index >= 15 is 0 Å². The molecule has 1 atom stereocenters. The van der Waals surface area contributed by atoms with Crippen molar-refractivity contribution in [3.63, 3.8) is 0 Å². The van der Waals surface area contributed by atoms with E-state index < -0.39 is 35.9 Å². The summed E-state index contributed by atoms with van der Waals surface area (Å²) in [6, 6.07) is 34.5. The highest BCUT2D eigenvalue weighted by atomic mass is 16.6. The van der Waals surface area contributed by atoms with E-state index in [9.17, 15) is 19.5 Å². The summed E-state index contributed by atoms with van der Waals surface area (Å²) >= 11 is 0. The standard InChI is InChI=1S/C55H79N5O14/c1-65-50-21-17-48(18-22-50)55(46-10-4-2-5-11-46,47-12-6-3-7-13-47)58-24-9-8-14-51(54(64)59-49-19-15-45(42-61)16-20-49)60-53(63)44-74-43-52(62)57-25-27-67-29-31-69-33-35-71-37-39-73-41-40-72-38-36-70-34-32-68-30-28-66-26-23-56/h2-7,10-13,15-22,51,58,61H,8-9,14,23-44,56H2,1H3,(H,57,62)(H,59,64)(H,60,63)/t51-/m0/s1. The highest BCUT2D eigenvalue weighted by molar-refractivity contribution is 5.97. The first-order chi connectivity index (χ1) is 36.4. The van der Waals surface area contributed by atoms with Gasteiger partial charge in [-0.2, -0.15) is 0 Å². The van der Waals surface area contributed by atoms with Crippen molar-refractivity contribution in [3.8, 4) is 5.75 Å². The number of carbonyl (C=O) groups is 3. The molecule has 19 heteroatoms. The second-order valence-electron chi connectivity index (χ2n) is 16.6. The summed E-state index contributed by atoms with van der Waals surface area (Å²) in [7, 11) is 1.64. The van der Waals surface area contributed by atoms with Gasteiger partial charge < -0.3 is 74.2 Å². The van der Waals surface area contributed by atoms with Crippen molar-refractivity contribution < 1.29 is 66.9 Å². The molecule has 0 bridgehead atoms. The van der Waals surface area contributed by atoms with Crippen LogP contribution in [-0.4, -0.2) is 175 Å². The van der Waals surface area contributed by atoms with Gasteiger partial charge in [0.2, 0.25) is 17.7 Å². The summed E-state index contributed by atoms with van der Waals surface area (Å²) in [6.07, 6.45) is 1.59. The van der Waals surface area contributed by atoms with Crippen molar-refractivity contribution in [1.82, 2.24) is 16.0 Å². The van der Waals surface area contributed by atoms with Gasteiger partial charge in [0.1, 0.15) is 25.0 Å². The minimum Gasteiger partial charge on any atom is -0.497 e. The molecule has 0 saturated carbocycles. The summed E-state index contributed by atoms with van der Waals surface area (Å²) in [5, 5.41) is 21.7. The third-order valence-electron chi connectivity index (χ3n) is 11.2. The molecular formula is C55H79N5O14. The van der Waals surface area contributed by atoms with E-state index in [2.05, 4.69) is 57.7 Å². The molecule has 0 aliphatic rings. The average Bonchev–Trinajstić information content (AvgIpc) is 3.43. The minimum atomic E-state index is -0.898. The Morgan fingerprint density at radius 3 is 1.46 bits per heavy atom. The molecule has 0 aromatic heterocycles. The van der Waals surface area contributed by atoms with Crippen molar-refractivity contribution in [2.75, 3.05) is 151 Å². The highest BCUT2D eigenvalue weighted by Gasteiger charge is 2.36. The van der Waals surface area contributed by atoms with Crippen LogP contribution in [0, 0.1) is 0 Å². The molecule has 0 saturated heterocycles. The number of hydrogen-bond donors (Lipinski definition) is 6. The van der Waals surface area contributed by atoms with E-state index in [1.807, 2.05) is 48.5 Å².